The van der Waals surface area contributed by atoms with E-state index in [0.717, 1.165) is 44.4 Å². The highest BCUT2D eigenvalue weighted by atomic mass is 32.2. The monoisotopic (exact) mass is 336 g/mol. The maximum absolute atomic E-state index is 13.1. The molecule has 3 unspecified atom stereocenters. The van der Waals surface area contributed by atoms with Gasteiger partial charge in [0, 0.05) is 31.4 Å². The number of aliphatic hydroxyl groups is 1. The molecule has 0 radical (unpaired) electrons. The van der Waals surface area contributed by atoms with Gasteiger partial charge in [0.1, 0.15) is 6.04 Å². The number of carbonyl (C=O) groups excluding carboxylic acids is 1. The van der Waals surface area contributed by atoms with E-state index in [4.69, 9.17) is 0 Å². The number of rotatable bonds is 5. The van der Waals surface area contributed by atoms with Crippen molar-refractivity contribution in [2.24, 2.45) is 5.92 Å². The maximum Gasteiger partial charge on any atom is 0.245 e. The largest absolute Gasteiger partial charge is 0.389 e. The summed E-state index contributed by atoms with van der Waals surface area (Å²) in [7, 11) is 0. The molecule has 3 atom stereocenters. The summed E-state index contributed by atoms with van der Waals surface area (Å²) in [5.41, 5.74) is -0.517. The fourth-order valence-corrected chi connectivity index (χ4v) is 4.63. The van der Waals surface area contributed by atoms with Gasteiger partial charge in [-0.25, -0.2) is 0 Å². The molecule has 2 aliphatic rings. The number of hydrogen-bond donors (Lipinski definition) is 1. The van der Waals surface area contributed by atoms with Gasteiger partial charge in [0.2, 0.25) is 5.91 Å². The van der Waals surface area contributed by atoms with Crippen molar-refractivity contribution in [3.8, 4) is 0 Å². The van der Waals surface area contributed by atoms with E-state index >= 15 is 0 Å². The molecule has 0 bridgehead atoms. The third kappa shape index (κ3) is 3.61. The second kappa shape index (κ2) is 7.31. The zero-order valence-electron chi connectivity index (χ0n) is 14.0. The number of amides is 1. The smallest absolute Gasteiger partial charge is 0.245 e. The molecule has 1 aliphatic heterocycles. The van der Waals surface area contributed by atoms with Gasteiger partial charge < -0.3 is 14.6 Å². The molecule has 128 valence electrons. The molecule has 1 saturated carbocycles. The van der Waals surface area contributed by atoms with E-state index in [1.54, 1.807) is 11.8 Å². The summed E-state index contributed by atoms with van der Waals surface area (Å²) < 4.78 is 2.04. The molecule has 1 saturated heterocycles. The highest BCUT2D eigenvalue weighted by Crippen LogP contribution is 2.40. The zero-order valence-corrected chi connectivity index (χ0v) is 14.8. The van der Waals surface area contributed by atoms with Crippen LogP contribution in [0.3, 0.4) is 0 Å². The Kier molecular flexibility index (Phi) is 5.37. The van der Waals surface area contributed by atoms with Gasteiger partial charge in [-0.1, -0.05) is 12.8 Å². The first-order valence-electron chi connectivity index (χ1n) is 8.76. The van der Waals surface area contributed by atoms with Crippen molar-refractivity contribution in [3.05, 3.63) is 24.5 Å². The molecule has 1 aliphatic carbocycles. The summed E-state index contributed by atoms with van der Waals surface area (Å²) >= 11 is 1.78. The summed E-state index contributed by atoms with van der Waals surface area (Å²) in [5, 5.41) is 10.8. The average molecular weight is 337 g/mol. The van der Waals surface area contributed by atoms with Crippen LogP contribution in [0.4, 0.5) is 0 Å². The molecule has 1 amide bonds. The molecular weight excluding hydrogens is 308 g/mol. The van der Waals surface area contributed by atoms with Crippen LogP contribution in [0.15, 0.2) is 24.5 Å². The summed E-state index contributed by atoms with van der Waals surface area (Å²) in [5.74, 6) is 1.47. The first-order valence-corrected chi connectivity index (χ1v) is 10.2. The Labute approximate surface area is 143 Å². The number of likely N-dealkylation sites (tertiary alicyclic amines) is 1. The summed E-state index contributed by atoms with van der Waals surface area (Å²) in [6.45, 7) is 1.43. The van der Waals surface area contributed by atoms with Gasteiger partial charge in [-0.2, -0.15) is 11.8 Å². The Hall–Kier alpha value is -0.940. The fraction of sp³-hybridized carbons (Fsp3) is 0.722. The van der Waals surface area contributed by atoms with E-state index in [2.05, 4.69) is 6.26 Å². The van der Waals surface area contributed by atoms with Crippen LogP contribution in [-0.2, 0) is 4.79 Å². The van der Waals surface area contributed by atoms with Gasteiger partial charge in [-0.3, -0.25) is 4.79 Å². The lowest BCUT2D eigenvalue weighted by atomic mass is 9.71. The van der Waals surface area contributed by atoms with E-state index in [9.17, 15) is 9.90 Å². The van der Waals surface area contributed by atoms with Crippen LogP contribution in [0.25, 0.3) is 0 Å². The lowest BCUT2D eigenvalue weighted by molar-refractivity contribution is -0.146. The molecule has 0 aromatic carbocycles. The third-order valence-electron chi connectivity index (χ3n) is 5.61. The zero-order chi connectivity index (χ0) is 16.3. The van der Waals surface area contributed by atoms with Crippen LogP contribution >= 0.6 is 11.8 Å². The quantitative estimate of drug-likeness (QED) is 0.899. The van der Waals surface area contributed by atoms with Gasteiger partial charge in [0.25, 0.3) is 0 Å². The lowest BCUT2D eigenvalue weighted by Crippen LogP contribution is -2.55. The number of hydrogen-bond acceptors (Lipinski definition) is 3. The van der Waals surface area contributed by atoms with Gasteiger partial charge >= 0.3 is 0 Å². The molecule has 2 fully saturated rings. The first-order chi connectivity index (χ1) is 11.1. The molecule has 2 heterocycles. The van der Waals surface area contributed by atoms with Gasteiger partial charge in [-0.05, 0) is 49.8 Å². The van der Waals surface area contributed by atoms with E-state index in [1.807, 2.05) is 34.0 Å². The summed E-state index contributed by atoms with van der Waals surface area (Å²) in [6, 6.07) is 3.86. The van der Waals surface area contributed by atoms with Crippen molar-refractivity contribution in [3.63, 3.8) is 0 Å². The molecule has 1 aromatic heterocycles. The predicted octanol–water partition coefficient (Wildman–Crippen LogP) is 2.94. The van der Waals surface area contributed by atoms with Crippen molar-refractivity contribution >= 4 is 17.7 Å². The second-order valence-corrected chi connectivity index (χ2v) is 7.99. The molecule has 23 heavy (non-hydrogen) atoms. The lowest BCUT2D eigenvalue weighted by Gasteiger charge is -2.48. The Bertz CT molecular complexity index is 519. The second-order valence-electron chi connectivity index (χ2n) is 7.01. The summed E-state index contributed by atoms with van der Waals surface area (Å²) in [4.78, 5) is 15.1. The topological polar surface area (TPSA) is 45.5 Å². The van der Waals surface area contributed by atoms with Crippen molar-refractivity contribution in [2.45, 2.75) is 50.2 Å². The van der Waals surface area contributed by atoms with Crippen LogP contribution in [0.1, 0.15) is 44.6 Å². The number of nitrogens with zero attached hydrogens (tertiary/aromatic N) is 2. The van der Waals surface area contributed by atoms with Gasteiger partial charge in [0.05, 0.1) is 5.60 Å². The Balaban J connectivity index is 1.70. The number of aromatic nitrogens is 1. The van der Waals surface area contributed by atoms with E-state index in [0.29, 0.717) is 6.54 Å². The van der Waals surface area contributed by atoms with Crippen LogP contribution in [0, 0.1) is 5.92 Å². The average Bonchev–Trinajstić information content (AvgIpc) is 3.08. The molecule has 0 spiro atoms. The molecule has 5 heteroatoms. The number of carbonyl (C=O) groups is 1. The minimum absolute atomic E-state index is 0.104. The summed E-state index contributed by atoms with van der Waals surface area (Å²) in [6.07, 6.45) is 11.9. The third-order valence-corrected chi connectivity index (χ3v) is 6.25. The van der Waals surface area contributed by atoms with Crippen molar-refractivity contribution in [1.29, 1.82) is 0 Å². The van der Waals surface area contributed by atoms with E-state index < -0.39 is 5.60 Å². The van der Waals surface area contributed by atoms with Crippen molar-refractivity contribution < 1.29 is 9.90 Å². The minimum Gasteiger partial charge on any atom is -0.389 e. The minimum atomic E-state index is -0.517. The van der Waals surface area contributed by atoms with Crippen molar-refractivity contribution in [2.75, 3.05) is 25.1 Å². The molecule has 1 aromatic rings. The van der Waals surface area contributed by atoms with Crippen LogP contribution in [0.2, 0.25) is 0 Å². The van der Waals surface area contributed by atoms with Crippen molar-refractivity contribution in [1.82, 2.24) is 9.47 Å². The maximum atomic E-state index is 13.1. The van der Waals surface area contributed by atoms with Crippen LogP contribution < -0.4 is 0 Å². The Morgan fingerprint density at radius 1 is 1.35 bits per heavy atom. The number of fused-ring (bicyclic) bond motifs is 1. The standard InChI is InChI=1S/C18H28N2O2S/c1-23-13-7-16(19-10-4-5-11-19)17(21)20-12-9-18(22)8-3-2-6-15(18)14-20/h4-5,10-11,15-16,22H,2-3,6-9,12-14H2,1H3. The van der Waals surface area contributed by atoms with E-state index in [1.165, 1.54) is 6.42 Å². The number of piperidine rings is 1. The number of thioether (sulfide) groups is 1. The SMILES string of the molecule is CSCCC(C(=O)N1CCC2(O)CCCCC2C1)n1cccc1. The van der Waals surface area contributed by atoms with Crippen LogP contribution in [-0.4, -0.2) is 51.2 Å². The highest BCUT2D eigenvalue weighted by molar-refractivity contribution is 7.98. The highest BCUT2D eigenvalue weighted by Gasteiger charge is 2.44. The van der Waals surface area contributed by atoms with Crippen LogP contribution in [0.5, 0.6) is 0 Å². The van der Waals surface area contributed by atoms with Gasteiger partial charge in [-0.15, -0.1) is 0 Å². The first kappa shape index (κ1) is 16.9. The normalized spacial score (nSPS) is 29.1. The fourth-order valence-electron chi connectivity index (χ4n) is 4.17. The molecule has 4 nitrogen and oxygen atoms in total. The molecular formula is C18H28N2O2S. The predicted molar refractivity (Wildman–Crippen MR) is 94.6 cm³/mol. The molecule has 1 N–H and O–H groups in total. The molecule has 3 rings (SSSR count). The van der Waals surface area contributed by atoms with E-state index in [-0.39, 0.29) is 17.9 Å². The Morgan fingerprint density at radius 2 is 2.13 bits per heavy atom. The van der Waals surface area contributed by atoms with Gasteiger partial charge in [0.15, 0.2) is 0 Å². The Morgan fingerprint density at radius 3 is 2.87 bits per heavy atom.